The fraction of sp³-hybridized carbons (Fsp3) is 0.750. The molecule has 0 aromatic carbocycles. The highest BCUT2D eigenvalue weighted by Crippen LogP contribution is 2.20. The van der Waals surface area contributed by atoms with Crippen molar-refractivity contribution in [2.75, 3.05) is 6.54 Å². The van der Waals surface area contributed by atoms with Crippen molar-refractivity contribution in [3.63, 3.8) is 0 Å². The molecule has 0 bridgehead atoms. The number of carboxylic acid groups (broad SMARTS) is 1. The zero-order valence-electron chi connectivity index (χ0n) is 9.88. The molecule has 0 radical (unpaired) electrons. The van der Waals surface area contributed by atoms with Crippen LogP contribution in [0.1, 0.15) is 52.4 Å². The summed E-state index contributed by atoms with van der Waals surface area (Å²) in [6, 6.07) is 0. The smallest absolute Gasteiger partial charge is 0.331 e. The molecule has 0 spiro atoms. The van der Waals surface area contributed by atoms with E-state index in [1.807, 2.05) is 0 Å². The molecule has 0 heterocycles. The predicted octanol–water partition coefficient (Wildman–Crippen LogP) is 2.71. The Balaban J connectivity index is 4.70. The van der Waals surface area contributed by atoms with Crippen LogP contribution in [0, 0.1) is 0 Å². The molecule has 0 saturated heterocycles. The molecule has 0 aromatic heterocycles. The molecule has 0 aliphatic carbocycles. The summed E-state index contributed by atoms with van der Waals surface area (Å²) in [5.41, 5.74) is 7.14. The van der Waals surface area contributed by atoms with Crippen LogP contribution in [0.3, 0.4) is 0 Å². The van der Waals surface area contributed by atoms with Crippen LogP contribution in [0.5, 0.6) is 0 Å². The molecule has 0 aliphatic heterocycles. The van der Waals surface area contributed by atoms with Gasteiger partial charge in [-0.3, -0.25) is 0 Å². The Labute approximate surface area is 92.4 Å². The van der Waals surface area contributed by atoms with Gasteiger partial charge < -0.3 is 10.8 Å². The average molecular weight is 213 g/mol. The lowest BCUT2D eigenvalue weighted by molar-refractivity contribution is -0.132. The summed E-state index contributed by atoms with van der Waals surface area (Å²) < 4.78 is 0. The number of unbranched alkanes of at least 4 members (excludes halogenated alkanes) is 1. The molecule has 15 heavy (non-hydrogen) atoms. The quantitative estimate of drug-likeness (QED) is 0.609. The highest BCUT2D eigenvalue weighted by atomic mass is 16.4. The zero-order chi connectivity index (χ0) is 11.7. The minimum atomic E-state index is -0.764. The normalized spacial score (nSPS) is 12.5. The summed E-state index contributed by atoms with van der Waals surface area (Å²) in [5.74, 6) is -0.764. The van der Waals surface area contributed by atoms with Gasteiger partial charge in [0, 0.05) is 5.57 Å². The molecule has 3 heteroatoms. The van der Waals surface area contributed by atoms with Crippen LogP contribution in [0.15, 0.2) is 11.1 Å². The van der Waals surface area contributed by atoms with E-state index in [2.05, 4.69) is 13.8 Å². The van der Waals surface area contributed by atoms with E-state index < -0.39 is 5.97 Å². The van der Waals surface area contributed by atoms with Gasteiger partial charge in [0.05, 0.1) is 0 Å². The molecule has 0 aliphatic rings. The largest absolute Gasteiger partial charge is 0.478 e. The maximum absolute atomic E-state index is 11.1. The monoisotopic (exact) mass is 213 g/mol. The number of hydrogen-bond donors (Lipinski definition) is 2. The summed E-state index contributed by atoms with van der Waals surface area (Å²) in [7, 11) is 0. The molecule has 0 saturated carbocycles. The first-order valence-corrected chi connectivity index (χ1v) is 5.81. The second-order valence-electron chi connectivity index (χ2n) is 3.78. The molecule has 0 rings (SSSR count). The molecule has 88 valence electrons. The van der Waals surface area contributed by atoms with Crippen molar-refractivity contribution in [3.8, 4) is 0 Å². The third kappa shape index (κ3) is 5.57. The standard InChI is InChI=1S/C12H23NO2/c1-3-5-7-11(12(14)15)10(6-4-2)8-9-13/h3-9,13H2,1-2H3,(H,14,15). The third-order valence-electron chi connectivity index (χ3n) is 2.46. The molecule has 0 atom stereocenters. The lowest BCUT2D eigenvalue weighted by atomic mass is 9.96. The number of carboxylic acids is 1. The number of carbonyl (C=O) groups is 1. The second-order valence-corrected chi connectivity index (χ2v) is 3.78. The van der Waals surface area contributed by atoms with Gasteiger partial charge in [0.25, 0.3) is 0 Å². The molecule has 3 N–H and O–H groups in total. The van der Waals surface area contributed by atoms with Crippen molar-refractivity contribution in [1.82, 2.24) is 0 Å². The van der Waals surface area contributed by atoms with Gasteiger partial charge in [-0.2, -0.15) is 0 Å². The topological polar surface area (TPSA) is 63.3 Å². The average Bonchev–Trinajstić information content (AvgIpc) is 2.18. The van der Waals surface area contributed by atoms with Gasteiger partial charge in [-0.25, -0.2) is 4.79 Å². The zero-order valence-corrected chi connectivity index (χ0v) is 9.88. The summed E-state index contributed by atoms with van der Waals surface area (Å²) in [6.07, 6.45) is 5.22. The van der Waals surface area contributed by atoms with E-state index in [1.54, 1.807) is 0 Å². The highest BCUT2D eigenvalue weighted by molar-refractivity contribution is 5.87. The van der Waals surface area contributed by atoms with E-state index in [1.165, 1.54) is 0 Å². The predicted molar refractivity (Wildman–Crippen MR) is 62.8 cm³/mol. The van der Waals surface area contributed by atoms with Crippen LogP contribution in [0.25, 0.3) is 0 Å². The van der Waals surface area contributed by atoms with Crippen molar-refractivity contribution in [2.24, 2.45) is 5.73 Å². The summed E-state index contributed by atoms with van der Waals surface area (Å²) in [4.78, 5) is 11.1. The summed E-state index contributed by atoms with van der Waals surface area (Å²) in [6.45, 7) is 4.68. The molecule has 0 fully saturated rings. The van der Waals surface area contributed by atoms with E-state index in [-0.39, 0.29) is 0 Å². The van der Waals surface area contributed by atoms with Crippen molar-refractivity contribution in [1.29, 1.82) is 0 Å². The molecule has 0 amide bonds. The number of rotatable bonds is 8. The van der Waals surface area contributed by atoms with E-state index >= 15 is 0 Å². The Morgan fingerprint density at radius 3 is 2.20 bits per heavy atom. The number of nitrogens with two attached hydrogens (primary N) is 1. The molecular formula is C12H23NO2. The van der Waals surface area contributed by atoms with Crippen LogP contribution in [-0.2, 0) is 4.79 Å². The molecule has 0 aromatic rings. The number of aliphatic carboxylic acids is 1. The Morgan fingerprint density at radius 1 is 1.13 bits per heavy atom. The van der Waals surface area contributed by atoms with E-state index in [0.717, 1.165) is 37.7 Å². The van der Waals surface area contributed by atoms with Gasteiger partial charge in [0.15, 0.2) is 0 Å². The lowest BCUT2D eigenvalue weighted by Gasteiger charge is -2.10. The Morgan fingerprint density at radius 2 is 1.80 bits per heavy atom. The SMILES string of the molecule is CCCCC(C(=O)O)=C(CCC)CCN. The summed E-state index contributed by atoms with van der Waals surface area (Å²) >= 11 is 0. The second kappa shape index (κ2) is 8.48. The van der Waals surface area contributed by atoms with Gasteiger partial charge in [0.2, 0.25) is 0 Å². The maximum Gasteiger partial charge on any atom is 0.331 e. The number of hydrogen-bond acceptors (Lipinski definition) is 2. The van der Waals surface area contributed by atoms with E-state index in [0.29, 0.717) is 18.5 Å². The van der Waals surface area contributed by atoms with Gasteiger partial charge >= 0.3 is 5.97 Å². The minimum absolute atomic E-state index is 0.540. The Bertz CT molecular complexity index is 214. The third-order valence-corrected chi connectivity index (χ3v) is 2.46. The molecule has 3 nitrogen and oxygen atoms in total. The first-order chi connectivity index (χ1) is 7.17. The Kier molecular flexibility index (Phi) is 8.01. The van der Waals surface area contributed by atoms with Gasteiger partial charge in [-0.15, -0.1) is 0 Å². The first-order valence-electron chi connectivity index (χ1n) is 5.81. The fourth-order valence-corrected chi connectivity index (χ4v) is 1.69. The van der Waals surface area contributed by atoms with Gasteiger partial charge in [0.1, 0.15) is 0 Å². The van der Waals surface area contributed by atoms with Crippen LogP contribution < -0.4 is 5.73 Å². The van der Waals surface area contributed by atoms with Crippen molar-refractivity contribution < 1.29 is 9.90 Å². The summed E-state index contributed by atoms with van der Waals surface area (Å²) in [5, 5.41) is 9.12. The molecule has 0 unspecified atom stereocenters. The van der Waals surface area contributed by atoms with Crippen LogP contribution in [0.2, 0.25) is 0 Å². The maximum atomic E-state index is 11.1. The van der Waals surface area contributed by atoms with Crippen molar-refractivity contribution >= 4 is 5.97 Å². The lowest BCUT2D eigenvalue weighted by Crippen LogP contribution is -2.09. The highest BCUT2D eigenvalue weighted by Gasteiger charge is 2.12. The first kappa shape index (κ1) is 14.2. The van der Waals surface area contributed by atoms with E-state index in [4.69, 9.17) is 10.8 Å². The Hall–Kier alpha value is -0.830. The van der Waals surface area contributed by atoms with Crippen LogP contribution in [0.4, 0.5) is 0 Å². The van der Waals surface area contributed by atoms with Crippen LogP contribution in [-0.4, -0.2) is 17.6 Å². The van der Waals surface area contributed by atoms with Gasteiger partial charge in [-0.1, -0.05) is 32.3 Å². The molecular weight excluding hydrogens is 190 g/mol. The van der Waals surface area contributed by atoms with Gasteiger partial charge in [-0.05, 0) is 32.2 Å². The fourth-order valence-electron chi connectivity index (χ4n) is 1.69. The van der Waals surface area contributed by atoms with Crippen molar-refractivity contribution in [2.45, 2.75) is 52.4 Å². The van der Waals surface area contributed by atoms with E-state index in [9.17, 15) is 4.79 Å². The van der Waals surface area contributed by atoms with Crippen molar-refractivity contribution in [3.05, 3.63) is 11.1 Å². The van der Waals surface area contributed by atoms with Crippen LogP contribution >= 0.6 is 0 Å². The minimum Gasteiger partial charge on any atom is -0.478 e.